The zero-order valence-corrected chi connectivity index (χ0v) is 90.2. The largest absolute Gasteiger partial charge is 3.00 e. The van der Waals surface area contributed by atoms with Gasteiger partial charge in [0.1, 0.15) is 19.0 Å². The van der Waals surface area contributed by atoms with Crippen LogP contribution in [0.25, 0.3) is 0 Å². The van der Waals surface area contributed by atoms with Crippen LogP contribution in [-0.4, -0.2) is 49.8 Å². The second kappa shape index (κ2) is 98.8. The van der Waals surface area contributed by atoms with Crippen LogP contribution >= 0.6 is 0 Å². The van der Waals surface area contributed by atoms with Gasteiger partial charge in [-0.05, 0) is 18.1 Å². The van der Waals surface area contributed by atoms with Crippen LogP contribution in [0.15, 0.2) is 458 Å². The summed E-state index contributed by atoms with van der Waals surface area (Å²) >= 11 is 0. The van der Waals surface area contributed by atoms with Crippen molar-refractivity contribution in [2.75, 3.05) is 0 Å². The molecule has 0 bridgehead atoms. The van der Waals surface area contributed by atoms with Crippen LogP contribution in [0.3, 0.4) is 0 Å². The molecule has 14 heteroatoms. The maximum Gasteiger partial charge on any atom is 3.00 e. The van der Waals surface area contributed by atoms with E-state index in [0.29, 0.717) is 0 Å². The van der Waals surface area contributed by atoms with E-state index in [1.807, 2.05) is 219 Å². The molecule has 624 valence electrons. The molecule has 0 aromatic heterocycles. The molecule has 10 radical (unpaired) electrons. The number of hydrogen-bond donors (Lipinski definition) is 0. The Labute approximate surface area is 865 Å². The third kappa shape index (κ3) is 80.2. The molecule has 0 N–H and O–H groups in total. The van der Waals surface area contributed by atoms with Gasteiger partial charge in [-0.25, -0.2) is 82.0 Å². The van der Waals surface area contributed by atoms with Gasteiger partial charge >= 0.3 is 109 Å². The quantitative estimate of drug-likeness (QED) is 0.110. The summed E-state index contributed by atoms with van der Waals surface area (Å²) in [6, 6.07) is 128. The third-order valence-electron chi connectivity index (χ3n) is 16.1. The minimum absolute atomic E-state index is 0. The number of hydrogen-bond acceptors (Lipinski definition) is 0. The van der Waals surface area contributed by atoms with Crippen molar-refractivity contribution < 1.29 is 158 Å². The molecule has 0 fully saturated rings. The van der Waals surface area contributed by atoms with Gasteiger partial charge in [0.15, 0.2) is 0 Å². The zero-order chi connectivity index (χ0) is 82.3. The Balaban J connectivity index is -0.000000236. The molecule has 0 heterocycles. The summed E-state index contributed by atoms with van der Waals surface area (Å²) in [5.74, 6) is 0. The summed E-state index contributed by atoms with van der Waals surface area (Å²) in [6.07, 6.45) is 59.2. The average Bonchev–Trinajstić information content (AvgIpc) is 1.45. The molecule has 124 heavy (non-hydrogen) atoms. The maximum atomic E-state index is 3.19. The molecule has 0 spiro atoms. The Hall–Kier alpha value is -6.40. The van der Waals surface area contributed by atoms with Crippen molar-refractivity contribution in [1.82, 2.24) is 0 Å². The van der Waals surface area contributed by atoms with Gasteiger partial charge in [-0.3, -0.25) is 42.5 Å². The Kier molecular flexibility index (Phi) is 104. The van der Waals surface area contributed by atoms with Crippen molar-refractivity contribution in [3.63, 3.8) is 0 Å². The molecule has 0 amide bonds. The summed E-state index contributed by atoms with van der Waals surface area (Å²) in [7, 11) is 6.50. The van der Waals surface area contributed by atoms with E-state index < -0.39 is 0 Å². The Bertz CT molecular complexity index is 3800. The first kappa shape index (κ1) is 131. The number of rotatable bonds is 7. The van der Waals surface area contributed by atoms with Crippen molar-refractivity contribution in [2.45, 2.75) is 105 Å². The number of benzene rings is 11. The van der Waals surface area contributed by atoms with Gasteiger partial charge in [0.05, 0.1) is 0 Å². The fourth-order valence-electron chi connectivity index (χ4n) is 9.19. The minimum atomic E-state index is 0. The van der Waals surface area contributed by atoms with Crippen molar-refractivity contribution in [1.29, 1.82) is 0 Å². The summed E-state index contributed by atoms with van der Waals surface area (Å²) in [6.45, 7) is 12.6. The normalized spacial score (nSPS) is 11.5. The van der Waals surface area contributed by atoms with Crippen molar-refractivity contribution in [2.24, 2.45) is 0 Å². The van der Waals surface area contributed by atoms with Gasteiger partial charge in [-0.1, -0.05) is 271 Å². The monoisotopic (exact) mass is 1960 g/mol. The molecule has 0 saturated carbocycles. The van der Waals surface area contributed by atoms with Crippen molar-refractivity contribution >= 4 is 70.5 Å². The van der Waals surface area contributed by atoms with Crippen LogP contribution in [0.2, 0.25) is 0 Å². The molecule has 0 saturated heterocycles. The molecule has 11 aromatic rings. The van der Waals surface area contributed by atoms with E-state index >= 15 is 0 Å². The fourth-order valence-corrected chi connectivity index (χ4v) is 12.6. The van der Waals surface area contributed by atoms with E-state index in [2.05, 4.69) is 345 Å². The first-order chi connectivity index (χ1) is 56.6. The SMILES string of the molecule is CC1=[C-]CC=C1C.CC1=[C-]CC=C1C.CC1=[C-]CC=C1C.[C-]1=CC=CC1.[C-]1=CC=CC1.[C-]1=CC=CC1.[C-]1=CC=CC1.[Cl-].[Cl-].[Cl-].[Cl-].[SiH2]Cc1ccccc1.[SiH2]Cc1ccccc1.[SiH2]Cc1ccccc1.[Ti+3].[Ti+3].[Ti+3].[Ti+3].[Ti+3].[c-]1ccccc1.[c-]1ccccc1.[c-]1ccccc1.[c-]1ccccc1.c1ccc([SiH]c2ccccc2)cc1.c1ccc([SiH]c2ccccc2)cc1. The Morgan fingerprint density at radius 3 is 0.484 bits per heavy atom. The van der Waals surface area contributed by atoms with E-state index in [4.69, 9.17) is 0 Å². The topological polar surface area (TPSA) is 0 Å². The van der Waals surface area contributed by atoms with Crippen LogP contribution in [0.4, 0.5) is 0 Å². The summed E-state index contributed by atoms with van der Waals surface area (Å²) < 4.78 is 0. The van der Waals surface area contributed by atoms with Gasteiger partial charge in [-0.2, -0.15) is 188 Å². The van der Waals surface area contributed by atoms with Crippen LogP contribution in [0.1, 0.15) is 103 Å². The predicted octanol–water partition coefficient (Wildman–Crippen LogP) is 10.0. The van der Waals surface area contributed by atoms with Gasteiger partial charge in [0, 0.05) is 30.7 Å². The minimum Gasteiger partial charge on any atom is -1.00 e. The molecule has 0 atom stereocenters. The van der Waals surface area contributed by atoms with Crippen molar-refractivity contribution in [3.8, 4) is 0 Å². The predicted molar refractivity (Wildman–Crippen MR) is 514 cm³/mol. The second-order valence-corrected chi connectivity index (χ2v) is 29.9. The van der Waals surface area contributed by atoms with Gasteiger partial charge in [0.25, 0.3) is 0 Å². The number of halogens is 4. The van der Waals surface area contributed by atoms with Crippen molar-refractivity contribution in [3.05, 3.63) is 542 Å². The van der Waals surface area contributed by atoms with Crippen LogP contribution < -0.4 is 70.4 Å². The molecule has 0 unspecified atom stereocenters. The van der Waals surface area contributed by atoms with Crippen LogP contribution in [0.5, 0.6) is 0 Å². The summed E-state index contributed by atoms with van der Waals surface area (Å²) in [5.41, 5.74) is 12.4. The molecule has 0 aliphatic heterocycles. The summed E-state index contributed by atoms with van der Waals surface area (Å²) in [4.78, 5) is 0. The van der Waals surface area contributed by atoms with Gasteiger partial charge in [-0.15, -0.1) is 65.7 Å². The van der Waals surface area contributed by atoms with E-state index in [-0.39, 0.29) is 177 Å². The van der Waals surface area contributed by atoms with E-state index in [1.54, 1.807) is 0 Å². The molecule has 7 aliphatic rings. The van der Waals surface area contributed by atoms with Gasteiger partial charge in [0.2, 0.25) is 0 Å². The molecule has 11 aromatic carbocycles. The van der Waals surface area contributed by atoms with Crippen LogP contribution in [0, 0.1) is 66.8 Å². The Morgan fingerprint density at radius 1 is 0.234 bits per heavy atom. The van der Waals surface area contributed by atoms with E-state index in [9.17, 15) is 0 Å². The standard InChI is InChI=1S/2C12H11Si.3C7H9Si.3C7H9.4C6H5.4C5H5.4ClH.5Ti/c2*1-3-7-11(8-4-1)13-12-9-5-2-6-10-12;3*8-6-7-4-2-1-3-5-7;3*1-6-4-3-5-7(6)2;4*1-2-4-6-5-3-1;4*1-2-4-5-3-1;;;;;;;;;/h2*1-10,13H;3*1-5H,6,8H2;3*4H,3H2,1-2H3;4*1-5H;4*1-3H,4H2;4*1H;;;;;/q;;;;;11*-1;;;;;5*+3/p-4. The molecular weight excluding hydrogens is 1840 g/mol. The van der Waals surface area contributed by atoms with Crippen LogP contribution in [-0.2, 0) is 127 Å². The maximum absolute atomic E-state index is 3.19. The molecule has 0 nitrogen and oxygen atoms in total. The molecule has 7 aliphatic carbocycles. The third-order valence-corrected chi connectivity index (χ3v) is 20.7. The molecular formula is C110H116Cl4Si5Ti5. The first-order valence-electron chi connectivity index (χ1n) is 39.3. The number of allylic oxidation sites excluding steroid dienone is 28. The summed E-state index contributed by atoms with van der Waals surface area (Å²) in [5, 5.41) is 5.81. The van der Waals surface area contributed by atoms with E-state index in [0.717, 1.165) is 44.9 Å². The van der Waals surface area contributed by atoms with Gasteiger partial charge < -0.3 is 49.6 Å². The smallest absolute Gasteiger partial charge is 1.00 e. The average molecular weight is 1960 g/mol. The first-order valence-corrected chi connectivity index (χ1v) is 44.6. The Morgan fingerprint density at radius 2 is 0.403 bits per heavy atom. The zero-order valence-electron chi connectivity index (χ0n) is 72.8. The molecule has 18 rings (SSSR count). The second-order valence-electron chi connectivity index (χ2n) is 25.1. The fraction of sp³-hybridized carbons (Fsp3) is 0.145. The van der Waals surface area contributed by atoms with E-state index in [1.165, 1.54) is 89.0 Å².